The van der Waals surface area contributed by atoms with Crippen LogP contribution in [0.25, 0.3) is 0 Å². The largest absolute Gasteiger partial charge is 0.382 e. The standard InChI is InChI=1S/C6H8N8/c7-5-4(6(8)14-13-5)12-11-3-1-2-9-10-3/h1-2H,(H,9,10)(H5,7,8,13,14). The quantitative estimate of drug-likeness (QED) is 0.521. The van der Waals surface area contributed by atoms with Gasteiger partial charge in [0, 0.05) is 6.07 Å². The van der Waals surface area contributed by atoms with Gasteiger partial charge in [-0.2, -0.15) is 10.2 Å². The van der Waals surface area contributed by atoms with Crippen LogP contribution < -0.4 is 11.5 Å². The zero-order chi connectivity index (χ0) is 9.97. The van der Waals surface area contributed by atoms with Crippen molar-refractivity contribution in [1.82, 2.24) is 20.4 Å². The van der Waals surface area contributed by atoms with E-state index in [9.17, 15) is 0 Å². The first-order chi connectivity index (χ1) is 6.77. The van der Waals surface area contributed by atoms with Crippen LogP contribution in [0, 0.1) is 0 Å². The van der Waals surface area contributed by atoms with Gasteiger partial charge in [-0.15, -0.1) is 10.2 Å². The summed E-state index contributed by atoms with van der Waals surface area (Å²) >= 11 is 0. The Morgan fingerprint density at radius 2 is 2.07 bits per heavy atom. The lowest BCUT2D eigenvalue weighted by atomic mass is 10.5. The van der Waals surface area contributed by atoms with Crippen molar-refractivity contribution in [2.24, 2.45) is 10.2 Å². The smallest absolute Gasteiger partial charge is 0.175 e. The number of hydrogen-bond acceptors (Lipinski definition) is 6. The van der Waals surface area contributed by atoms with Gasteiger partial charge < -0.3 is 11.5 Å². The van der Waals surface area contributed by atoms with Crippen LogP contribution in [-0.4, -0.2) is 20.4 Å². The van der Waals surface area contributed by atoms with Crippen molar-refractivity contribution in [1.29, 1.82) is 0 Å². The highest BCUT2D eigenvalue weighted by atomic mass is 15.3. The molecule has 0 aromatic carbocycles. The third-order valence-corrected chi connectivity index (χ3v) is 1.54. The van der Waals surface area contributed by atoms with E-state index in [1.54, 1.807) is 12.3 Å². The van der Waals surface area contributed by atoms with E-state index in [0.29, 0.717) is 11.5 Å². The van der Waals surface area contributed by atoms with E-state index in [0.717, 1.165) is 0 Å². The molecule has 0 atom stereocenters. The Morgan fingerprint density at radius 1 is 1.21 bits per heavy atom. The lowest BCUT2D eigenvalue weighted by Gasteiger charge is -1.88. The summed E-state index contributed by atoms with van der Waals surface area (Å²) in [4.78, 5) is 0. The van der Waals surface area contributed by atoms with Gasteiger partial charge in [0.1, 0.15) is 5.82 Å². The van der Waals surface area contributed by atoms with Gasteiger partial charge in [0.2, 0.25) is 0 Å². The molecular weight excluding hydrogens is 184 g/mol. The maximum absolute atomic E-state index is 5.50. The molecule has 0 aliphatic carbocycles. The summed E-state index contributed by atoms with van der Waals surface area (Å²) in [5.41, 5.74) is 11.3. The number of nitrogens with two attached hydrogens (primary N) is 2. The minimum Gasteiger partial charge on any atom is -0.382 e. The summed E-state index contributed by atoms with van der Waals surface area (Å²) < 4.78 is 0. The first-order valence-electron chi connectivity index (χ1n) is 3.78. The molecule has 2 aromatic rings. The summed E-state index contributed by atoms with van der Waals surface area (Å²) in [6.45, 7) is 0. The Balaban J connectivity index is 2.26. The van der Waals surface area contributed by atoms with E-state index in [2.05, 4.69) is 30.6 Å². The van der Waals surface area contributed by atoms with Gasteiger partial charge in [0.25, 0.3) is 0 Å². The SMILES string of the molecule is Nc1n[nH]c(N)c1N=Nc1ccn[nH]1. The maximum atomic E-state index is 5.50. The molecule has 8 heteroatoms. The van der Waals surface area contributed by atoms with Crippen LogP contribution in [0.5, 0.6) is 0 Å². The van der Waals surface area contributed by atoms with Crippen molar-refractivity contribution < 1.29 is 0 Å². The molecule has 14 heavy (non-hydrogen) atoms. The number of nitrogens with zero attached hydrogens (tertiary/aromatic N) is 4. The lowest BCUT2D eigenvalue weighted by Crippen LogP contribution is -1.84. The van der Waals surface area contributed by atoms with E-state index in [1.165, 1.54) is 0 Å². The fraction of sp³-hybridized carbons (Fsp3) is 0. The van der Waals surface area contributed by atoms with Crippen molar-refractivity contribution in [3.05, 3.63) is 12.3 Å². The molecule has 2 heterocycles. The molecule has 0 unspecified atom stereocenters. The summed E-state index contributed by atoms with van der Waals surface area (Å²) in [5.74, 6) is 1.02. The molecule has 0 saturated heterocycles. The van der Waals surface area contributed by atoms with E-state index in [4.69, 9.17) is 11.5 Å². The van der Waals surface area contributed by atoms with Crippen LogP contribution in [0.4, 0.5) is 23.1 Å². The molecule has 0 aliphatic heterocycles. The van der Waals surface area contributed by atoms with Gasteiger partial charge in [-0.3, -0.25) is 10.2 Å². The zero-order valence-corrected chi connectivity index (χ0v) is 7.10. The molecule has 0 aliphatic rings. The molecule has 72 valence electrons. The molecule has 2 aromatic heterocycles. The Kier molecular flexibility index (Phi) is 1.86. The van der Waals surface area contributed by atoms with E-state index in [-0.39, 0.29) is 11.6 Å². The number of aromatic nitrogens is 4. The van der Waals surface area contributed by atoms with Crippen molar-refractivity contribution in [3.63, 3.8) is 0 Å². The molecular formula is C6H8N8. The third kappa shape index (κ3) is 1.40. The van der Waals surface area contributed by atoms with Crippen LogP contribution in [0.15, 0.2) is 22.5 Å². The number of azo groups is 1. The van der Waals surface area contributed by atoms with Gasteiger partial charge in [-0.1, -0.05) is 0 Å². The number of nitrogen functional groups attached to an aromatic ring is 2. The molecule has 0 fully saturated rings. The van der Waals surface area contributed by atoms with E-state index < -0.39 is 0 Å². The van der Waals surface area contributed by atoms with Crippen LogP contribution in [0.2, 0.25) is 0 Å². The number of nitrogens with one attached hydrogen (secondary N) is 2. The second-order valence-electron chi connectivity index (χ2n) is 2.51. The predicted octanol–water partition coefficient (Wildman–Crippen LogP) is 0.713. The van der Waals surface area contributed by atoms with E-state index in [1.807, 2.05) is 0 Å². The van der Waals surface area contributed by atoms with E-state index >= 15 is 0 Å². The molecule has 0 bridgehead atoms. The van der Waals surface area contributed by atoms with Gasteiger partial charge >= 0.3 is 0 Å². The number of anilines is 2. The van der Waals surface area contributed by atoms with Crippen LogP contribution >= 0.6 is 0 Å². The van der Waals surface area contributed by atoms with Gasteiger partial charge in [0.05, 0.1) is 6.20 Å². The lowest BCUT2D eigenvalue weighted by molar-refractivity contribution is 1.06. The fourth-order valence-electron chi connectivity index (χ4n) is 0.878. The number of rotatable bonds is 2. The molecule has 0 amide bonds. The molecule has 2 rings (SSSR count). The minimum absolute atomic E-state index is 0.214. The molecule has 0 saturated carbocycles. The summed E-state index contributed by atoms with van der Waals surface area (Å²) in [6.07, 6.45) is 1.57. The van der Waals surface area contributed by atoms with Crippen molar-refractivity contribution >= 4 is 23.1 Å². The van der Waals surface area contributed by atoms with Crippen molar-refractivity contribution in [2.45, 2.75) is 0 Å². The first kappa shape index (κ1) is 8.23. The number of hydrogen-bond donors (Lipinski definition) is 4. The monoisotopic (exact) mass is 192 g/mol. The van der Waals surface area contributed by atoms with Crippen molar-refractivity contribution in [3.8, 4) is 0 Å². The Labute approximate surface area is 78.4 Å². The van der Waals surface area contributed by atoms with Gasteiger partial charge in [0.15, 0.2) is 17.3 Å². The highest BCUT2D eigenvalue weighted by molar-refractivity contribution is 5.70. The Hall–Kier alpha value is -2.38. The van der Waals surface area contributed by atoms with Crippen LogP contribution in [0.1, 0.15) is 0 Å². The summed E-state index contributed by atoms with van der Waals surface area (Å²) in [6, 6.07) is 1.66. The third-order valence-electron chi connectivity index (χ3n) is 1.54. The molecule has 8 nitrogen and oxygen atoms in total. The van der Waals surface area contributed by atoms with Crippen LogP contribution in [0.3, 0.4) is 0 Å². The Bertz CT molecular complexity index is 419. The van der Waals surface area contributed by atoms with Gasteiger partial charge in [-0.25, -0.2) is 0 Å². The molecule has 0 spiro atoms. The van der Waals surface area contributed by atoms with Gasteiger partial charge in [-0.05, 0) is 0 Å². The molecule has 6 N–H and O–H groups in total. The highest BCUT2D eigenvalue weighted by Gasteiger charge is 2.06. The number of aromatic amines is 2. The normalized spacial score (nSPS) is 11.1. The van der Waals surface area contributed by atoms with Crippen LogP contribution in [-0.2, 0) is 0 Å². The predicted molar refractivity (Wildman–Crippen MR) is 50.2 cm³/mol. The average Bonchev–Trinajstić information content (AvgIpc) is 2.76. The number of H-pyrrole nitrogens is 2. The second-order valence-corrected chi connectivity index (χ2v) is 2.51. The highest BCUT2D eigenvalue weighted by Crippen LogP contribution is 2.27. The topological polar surface area (TPSA) is 134 Å². The fourth-order valence-corrected chi connectivity index (χ4v) is 0.878. The summed E-state index contributed by atoms with van der Waals surface area (Å²) in [7, 11) is 0. The maximum Gasteiger partial charge on any atom is 0.175 e. The van der Waals surface area contributed by atoms with Crippen molar-refractivity contribution in [2.75, 3.05) is 11.5 Å². The first-order valence-corrected chi connectivity index (χ1v) is 3.78. The molecule has 0 radical (unpaired) electrons. The summed E-state index contributed by atoms with van der Waals surface area (Å²) in [5, 5.41) is 20.1. The second kappa shape index (κ2) is 3.17. The Morgan fingerprint density at radius 3 is 2.64 bits per heavy atom. The average molecular weight is 192 g/mol. The minimum atomic E-state index is 0.214. The zero-order valence-electron chi connectivity index (χ0n) is 7.10.